The third kappa shape index (κ3) is 2.15. The van der Waals surface area contributed by atoms with E-state index >= 15 is 0 Å². The van der Waals surface area contributed by atoms with Gasteiger partial charge in [-0.05, 0) is 55.2 Å². The van der Waals surface area contributed by atoms with Gasteiger partial charge in [-0.25, -0.2) is 0 Å². The van der Waals surface area contributed by atoms with E-state index in [4.69, 9.17) is 0 Å². The number of Topliss-reactive ketones (excluding diaryl/α,β-unsaturated/α-hetero) is 1. The topological polar surface area (TPSA) is 37.4 Å². The van der Waals surface area contributed by atoms with Gasteiger partial charge >= 0.3 is 0 Å². The van der Waals surface area contributed by atoms with Crippen molar-refractivity contribution in [1.29, 1.82) is 0 Å². The minimum Gasteiger partial charge on any atom is -0.312 e. The maximum Gasteiger partial charge on any atom is 0.223 e. The number of nitrogens with zero attached hydrogens (tertiary/aromatic N) is 1. The van der Waals surface area contributed by atoms with Gasteiger partial charge in [0.25, 0.3) is 0 Å². The third-order valence-corrected chi connectivity index (χ3v) is 5.98. The Bertz CT molecular complexity index is 644. The number of rotatable bonds is 2. The van der Waals surface area contributed by atoms with Crippen molar-refractivity contribution in [3.05, 3.63) is 27.7 Å². The first kappa shape index (κ1) is 13.5. The van der Waals surface area contributed by atoms with Crippen LogP contribution in [0.3, 0.4) is 0 Å². The highest BCUT2D eigenvalue weighted by Gasteiger charge is 2.48. The van der Waals surface area contributed by atoms with Gasteiger partial charge in [0.15, 0.2) is 5.78 Å². The second-order valence-electron chi connectivity index (χ2n) is 6.67. The van der Waals surface area contributed by atoms with Crippen LogP contribution >= 0.6 is 15.9 Å². The summed E-state index contributed by atoms with van der Waals surface area (Å²) >= 11 is 3.56. The van der Waals surface area contributed by atoms with Crippen LogP contribution in [0.5, 0.6) is 0 Å². The van der Waals surface area contributed by atoms with Gasteiger partial charge in [-0.15, -0.1) is 0 Å². The molecule has 2 fully saturated rings. The maximum absolute atomic E-state index is 12.8. The molecule has 2 aliphatic carbocycles. The van der Waals surface area contributed by atoms with Crippen molar-refractivity contribution in [1.82, 2.24) is 0 Å². The zero-order valence-corrected chi connectivity index (χ0v) is 13.6. The molecule has 2 saturated carbocycles. The van der Waals surface area contributed by atoms with E-state index < -0.39 is 0 Å². The van der Waals surface area contributed by atoms with Gasteiger partial charge in [0.05, 0.1) is 0 Å². The van der Waals surface area contributed by atoms with Crippen molar-refractivity contribution in [3.63, 3.8) is 0 Å². The van der Waals surface area contributed by atoms with Crippen LogP contribution in [0.15, 0.2) is 16.6 Å². The second-order valence-corrected chi connectivity index (χ2v) is 7.52. The molecule has 110 valence electrons. The van der Waals surface area contributed by atoms with Crippen LogP contribution in [0.4, 0.5) is 5.69 Å². The van der Waals surface area contributed by atoms with Crippen molar-refractivity contribution in [2.24, 2.45) is 17.8 Å². The SMILES string of the molecule is CC(=O)N1CCc2cc(Br)c(C(=O)C3CC4CC4C3)cc21. The number of fused-ring (bicyclic) bond motifs is 2. The van der Waals surface area contributed by atoms with Crippen LogP contribution in [0.25, 0.3) is 0 Å². The van der Waals surface area contributed by atoms with Gasteiger partial charge in [-0.3, -0.25) is 9.59 Å². The largest absolute Gasteiger partial charge is 0.312 e. The Balaban J connectivity index is 1.67. The average molecular weight is 348 g/mol. The highest BCUT2D eigenvalue weighted by molar-refractivity contribution is 9.10. The number of amides is 1. The molecule has 0 aromatic heterocycles. The van der Waals surface area contributed by atoms with E-state index in [0.717, 1.165) is 58.9 Å². The van der Waals surface area contributed by atoms with Crippen LogP contribution in [-0.4, -0.2) is 18.2 Å². The van der Waals surface area contributed by atoms with E-state index in [1.165, 1.54) is 6.42 Å². The van der Waals surface area contributed by atoms with Crippen molar-refractivity contribution >= 4 is 33.3 Å². The molecular formula is C17H18BrNO2. The van der Waals surface area contributed by atoms with Crippen LogP contribution in [0, 0.1) is 17.8 Å². The molecular weight excluding hydrogens is 330 g/mol. The monoisotopic (exact) mass is 347 g/mol. The first-order valence-electron chi connectivity index (χ1n) is 7.69. The number of carbonyl (C=O) groups excluding carboxylic acids is 2. The third-order valence-electron chi connectivity index (χ3n) is 5.32. The van der Waals surface area contributed by atoms with Crippen molar-refractivity contribution in [3.8, 4) is 0 Å². The molecule has 0 saturated heterocycles. The predicted octanol–water partition coefficient (Wildman–Crippen LogP) is 3.59. The van der Waals surface area contributed by atoms with E-state index in [1.54, 1.807) is 11.8 Å². The number of carbonyl (C=O) groups is 2. The minimum absolute atomic E-state index is 0.0524. The molecule has 0 spiro atoms. The van der Waals surface area contributed by atoms with E-state index in [1.807, 2.05) is 12.1 Å². The van der Waals surface area contributed by atoms with Crippen molar-refractivity contribution < 1.29 is 9.59 Å². The summed E-state index contributed by atoms with van der Waals surface area (Å²) in [5, 5.41) is 0. The van der Waals surface area contributed by atoms with Crippen LogP contribution in [0.1, 0.15) is 42.1 Å². The molecule has 2 unspecified atom stereocenters. The predicted molar refractivity (Wildman–Crippen MR) is 84.5 cm³/mol. The summed E-state index contributed by atoms with van der Waals surface area (Å²) in [7, 11) is 0. The normalized spacial score (nSPS) is 29.2. The fourth-order valence-corrected chi connectivity index (χ4v) is 4.66. The number of benzene rings is 1. The van der Waals surface area contributed by atoms with Gasteiger partial charge in [0, 0.05) is 35.1 Å². The number of hydrogen-bond acceptors (Lipinski definition) is 2. The fourth-order valence-electron chi connectivity index (χ4n) is 4.07. The van der Waals surface area contributed by atoms with Crippen molar-refractivity contribution in [2.45, 2.75) is 32.6 Å². The maximum atomic E-state index is 12.8. The van der Waals surface area contributed by atoms with Crippen LogP contribution in [-0.2, 0) is 11.2 Å². The molecule has 21 heavy (non-hydrogen) atoms. The van der Waals surface area contributed by atoms with E-state index in [-0.39, 0.29) is 17.6 Å². The molecule has 1 amide bonds. The molecule has 1 aromatic rings. The minimum atomic E-state index is 0.0524. The Morgan fingerprint density at radius 2 is 1.90 bits per heavy atom. The van der Waals surface area contributed by atoms with E-state index in [0.29, 0.717) is 0 Å². The number of halogens is 1. The van der Waals surface area contributed by atoms with Crippen LogP contribution in [0.2, 0.25) is 0 Å². The quantitative estimate of drug-likeness (QED) is 0.766. The molecule has 4 rings (SSSR count). The molecule has 3 aliphatic rings. The Labute approximate surface area is 132 Å². The lowest BCUT2D eigenvalue weighted by atomic mass is 9.92. The molecule has 3 nitrogen and oxygen atoms in total. The van der Waals surface area contributed by atoms with Gasteiger partial charge in [-0.2, -0.15) is 0 Å². The second kappa shape index (κ2) is 4.67. The lowest BCUT2D eigenvalue weighted by Gasteiger charge is -2.17. The summed E-state index contributed by atoms with van der Waals surface area (Å²) in [6, 6.07) is 3.96. The zero-order valence-electron chi connectivity index (χ0n) is 12.1. The van der Waals surface area contributed by atoms with Crippen molar-refractivity contribution in [2.75, 3.05) is 11.4 Å². The lowest BCUT2D eigenvalue weighted by Crippen LogP contribution is -2.26. The zero-order chi connectivity index (χ0) is 14.7. The summed E-state index contributed by atoms with van der Waals surface area (Å²) in [6.45, 7) is 2.31. The van der Waals surface area contributed by atoms with Gasteiger partial charge in [-0.1, -0.05) is 15.9 Å². The highest BCUT2D eigenvalue weighted by atomic mass is 79.9. The van der Waals surface area contributed by atoms with E-state index in [9.17, 15) is 9.59 Å². The molecule has 2 atom stereocenters. The smallest absolute Gasteiger partial charge is 0.223 e. The Morgan fingerprint density at radius 3 is 2.57 bits per heavy atom. The molecule has 1 aliphatic heterocycles. The average Bonchev–Trinajstić information content (AvgIpc) is 2.87. The Morgan fingerprint density at radius 1 is 1.19 bits per heavy atom. The number of anilines is 1. The molecule has 1 aromatic carbocycles. The standard InChI is InChI=1S/C17H18BrNO2/c1-9(20)19-3-2-10-7-15(18)14(8-16(10)19)17(21)13-5-11-4-12(11)6-13/h7-8,11-13H,2-6H2,1H3. The van der Waals surface area contributed by atoms with Crippen LogP contribution < -0.4 is 4.90 Å². The molecule has 0 radical (unpaired) electrons. The Hall–Kier alpha value is -1.16. The molecule has 0 bridgehead atoms. The summed E-state index contributed by atoms with van der Waals surface area (Å²) < 4.78 is 0.886. The first-order valence-corrected chi connectivity index (χ1v) is 8.48. The molecule has 4 heteroatoms. The van der Waals surface area contributed by atoms with Gasteiger partial charge in [0.2, 0.25) is 5.91 Å². The summed E-state index contributed by atoms with van der Waals surface area (Å²) in [4.78, 5) is 26.3. The molecule has 0 N–H and O–H groups in total. The van der Waals surface area contributed by atoms with Gasteiger partial charge < -0.3 is 4.90 Å². The summed E-state index contributed by atoms with van der Waals surface area (Å²) in [6.07, 6.45) is 4.32. The number of ketones is 1. The van der Waals surface area contributed by atoms with Gasteiger partial charge in [0.1, 0.15) is 0 Å². The Kier molecular flexibility index (Phi) is 3.00. The lowest BCUT2D eigenvalue weighted by molar-refractivity contribution is -0.116. The fraction of sp³-hybridized carbons (Fsp3) is 0.529. The summed E-state index contributed by atoms with van der Waals surface area (Å²) in [5.74, 6) is 2.11. The molecule has 1 heterocycles. The highest BCUT2D eigenvalue weighted by Crippen LogP contribution is 2.55. The summed E-state index contributed by atoms with van der Waals surface area (Å²) in [5.41, 5.74) is 2.84. The van der Waals surface area contributed by atoms with E-state index in [2.05, 4.69) is 15.9 Å². The first-order chi connectivity index (χ1) is 10.0. The number of hydrogen-bond donors (Lipinski definition) is 0.